The molecule has 0 unspecified atom stereocenters. The molecule has 3 aromatic carbocycles. The SMILES string of the molecule is Cc1ccc(Oc2ccc([CH]CNC(C)(C)C)cc2Oc2ccc(C)cc2)cc1. The van der Waals surface area contributed by atoms with Crippen LogP contribution in [0.2, 0.25) is 0 Å². The number of nitrogens with one attached hydrogen (secondary N) is 1. The minimum Gasteiger partial charge on any atom is -0.453 e. The summed E-state index contributed by atoms with van der Waals surface area (Å²) in [6, 6.07) is 22.1. The van der Waals surface area contributed by atoms with Crippen molar-refractivity contribution >= 4 is 0 Å². The molecular formula is C26H30NO2. The zero-order valence-corrected chi connectivity index (χ0v) is 18.0. The van der Waals surface area contributed by atoms with Crippen molar-refractivity contribution in [2.75, 3.05) is 6.54 Å². The zero-order valence-electron chi connectivity index (χ0n) is 18.0. The molecule has 3 nitrogen and oxygen atoms in total. The number of hydrogen-bond acceptors (Lipinski definition) is 3. The normalized spacial score (nSPS) is 11.3. The third kappa shape index (κ3) is 6.65. The van der Waals surface area contributed by atoms with Gasteiger partial charge in [-0.05, 0) is 76.6 Å². The van der Waals surface area contributed by atoms with E-state index in [-0.39, 0.29) is 5.54 Å². The van der Waals surface area contributed by atoms with Gasteiger partial charge < -0.3 is 14.8 Å². The van der Waals surface area contributed by atoms with Crippen molar-refractivity contribution in [1.82, 2.24) is 5.32 Å². The highest BCUT2D eigenvalue weighted by atomic mass is 16.5. The van der Waals surface area contributed by atoms with Gasteiger partial charge in [0.25, 0.3) is 0 Å². The summed E-state index contributed by atoms with van der Waals surface area (Å²) in [5, 5.41) is 3.48. The Balaban J connectivity index is 1.82. The molecule has 0 aliphatic carbocycles. The Morgan fingerprint density at radius 3 is 1.76 bits per heavy atom. The highest BCUT2D eigenvalue weighted by molar-refractivity contribution is 5.49. The first-order chi connectivity index (χ1) is 13.8. The van der Waals surface area contributed by atoms with Crippen LogP contribution in [0.25, 0.3) is 0 Å². The van der Waals surface area contributed by atoms with E-state index in [1.165, 1.54) is 11.1 Å². The summed E-state index contributed by atoms with van der Waals surface area (Å²) < 4.78 is 12.3. The smallest absolute Gasteiger partial charge is 0.170 e. The summed E-state index contributed by atoms with van der Waals surface area (Å²) in [6.07, 6.45) is 2.16. The molecule has 0 aliphatic rings. The van der Waals surface area contributed by atoms with Crippen LogP contribution in [0.1, 0.15) is 37.5 Å². The van der Waals surface area contributed by atoms with Gasteiger partial charge in [0.05, 0.1) is 0 Å². The van der Waals surface area contributed by atoms with E-state index in [0.717, 1.165) is 23.6 Å². The van der Waals surface area contributed by atoms with Crippen molar-refractivity contribution in [3.05, 3.63) is 89.8 Å². The summed E-state index contributed by atoms with van der Waals surface area (Å²) in [4.78, 5) is 0. The number of benzene rings is 3. The Morgan fingerprint density at radius 1 is 0.724 bits per heavy atom. The van der Waals surface area contributed by atoms with Gasteiger partial charge in [-0.3, -0.25) is 0 Å². The maximum Gasteiger partial charge on any atom is 0.170 e. The van der Waals surface area contributed by atoms with Crippen molar-refractivity contribution in [2.45, 2.75) is 40.2 Å². The van der Waals surface area contributed by atoms with Gasteiger partial charge in [-0.25, -0.2) is 0 Å². The van der Waals surface area contributed by atoms with E-state index < -0.39 is 0 Å². The quantitative estimate of drug-likeness (QED) is 0.481. The standard InChI is InChI=1S/C26H30NO2/c1-19-6-11-22(12-7-19)28-24-15-10-21(16-17-27-26(3,4)5)18-25(24)29-23-13-8-20(2)9-14-23/h6-16,18,27H,17H2,1-5H3. The summed E-state index contributed by atoms with van der Waals surface area (Å²) in [5.41, 5.74) is 3.56. The average Bonchev–Trinajstić information content (AvgIpc) is 2.66. The summed E-state index contributed by atoms with van der Waals surface area (Å²) in [7, 11) is 0. The molecule has 3 heteroatoms. The molecule has 29 heavy (non-hydrogen) atoms. The lowest BCUT2D eigenvalue weighted by molar-refractivity contribution is 0.418. The molecule has 0 saturated heterocycles. The van der Waals surface area contributed by atoms with Crippen LogP contribution in [0.3, 0.4) is 0 Å². The highest BCUT2D eigenvalue weighted by Crippen LogP contribution is 2.36. The van der Waals surface area contributed by atoms with E-state index in [2.05, 4.69) is 52.4 Å². The van der Waals surface area contributed by atoms with E-state index in [1.54, 1.807) is 0 Å². The first-order valence-corrected chi connectivity index (χ1v) is 10.00. The Morgan fingerprint density at radius 2 is 1.24 bits per heavy atom. The number of rotatable bonds is 7. The molecular weight excluding hydrogens is 358 g/mol. The van der Waals surface area contributed by atoms with Crippen LogP contribution in [0, 0.1) is 20.3 Å². The van der Waals surface area contributed by atoms with Crippen molar-refractivity contribution < 1.29 is 9.47 Å². The first kappa shape index (κ1) is 20.9. The van der Waals surface area contributed by atoms with Crippen LogP contribution in [-0.2, 0) is 0 Å². The molecule has 1 radical (unpaired) electrons. The predicted molar refractivity (Wildman–Crippen MR) is 120 cm³/mol. The molecule has 0 amide bonds. The van der Waals surface area contributed by atoms with Gasteiger partial charge in [0.15, 0.2) is 11.5 Å². The molecule has 3 aromatic rings. The molecule has 3 rings (SSSR count). The molecule has 0 saturated carbocycles. The van der Waals surface area contributed by atoms with Crippen molar-refractivity contribution in [3.63, 3.8) is 0 Å². The average molecular weight is 389 g/mol. The van der Waals surface area contributed by atoms with Crippen LogP contribution in [0.5, 0.6) is 23.0 Å². The highest BCUT2D eigenvalue weighted by Gasteiger charge is 2.12. The third-order valence-corrected chi connectivity index (χ3v) is 4.44. The van der Waals surface area contributed by atoms with Crippen LogP contribution >= 0.6 is 0 Å². The predicted octanol–water partition coefficient (Wildman–Crippen LogP) is 6.83. The van der Waals surface area contributed by atoms with E-state index in [1.807, 2.05) is 60.7 Å². The summed E-state index contributed by atoms with van der Waals surface area (Å²) in [6.45, 7) is 11.4. The largest absolute Gasteiger partial charge is 0.453 e. The molecule has 0 fully saturated rings. The first-order valence-electron chi connectivity index (χ1n) is 10.00. The zero-order chi connectivity index (χ0) is 20.9. The Kier molecular flexibility index (Phi) is 6.60. The van der Waals surface area contributed by atoms with Gasteiger partial charge in [0.2, 0.25) is 0 Å². The molecule has 1 N–H and O–H groups in total. The fraction of sp³-hybridized carbons (Fsp3) is 0.269. The van der Waals surface area contributed by atoms with Crippen molar-refractivity contribution in [1.29, 1.82) is 0 Å². The van der Waals surface area contributed by atoms with Gasteiger partial charge >= 0.3 is 0 Å². The van der Waals surface area contributed by atoms with E-state index >= 15 is 0 Å². The second-order valence-corrected chi connectivity index (χ2v) is 8.37. The number of ether oxygens (including phenoxy) is 2. The van der Waals surface area contributed by atoms with Crippen molar-refractivity contribution in [3.8, 4) is 23.0 Å². The van der Waals surface area contributed by atoms with Crippen LogP contribution in [0.4, 0.5) is 0 Å². The van der Waals surface area contributed by atoms with Crippen molar-refractivity contribution in [2.24, 2.45) is 0 Å². The molecule has 0 aromatic heterocycles. The van der Waals surface area contributed by atoms with Crippen LogP contribution in [-0.4, -0.2) is 12.1 Å². The lowest BCUT2D eigenvalue weighted by atomic mass is 10.1. The maximum absolute atomic E-state index is 6.18. The second kappa shape index (κ2) is 9.15. The summed E-state index contributed by atoms with van der Waals surface area (Å²) >= 11 is 0. The number of aryl methyl sites for hydroxylation is 2. The van der Waals surface area contributed by atoms with Gasteiger partial charge in [-0.15, -0.1) is 0 Å². The lowest BCUT2D eigenvalue weighted by Gasteiger charge is -2.20. The van der Waals surface area contributed by atoms with E-state index in [0.29, 0.717) is 11.5 Å². The molecule has 0 aliphatic heterocycles. The van der Waals surface area contributed by atoms with Gasteiger partial charge in [-0.2, -0.15) is 0 Å². The Bertz CT molecular complexity index is 922. The minimum absolute atomic E-state index is 0.0756. The molecule has 0 heterocycles. The van der Waals surface area contributed by atoms with Crippen LogP contribution in [0.15, 0.2) is 66.7 Å². The van der Waals surface area contributed by atoms with Gasteiger partial charge in [-0.1, -0.05) is 41.5 Å². The molecule has 0 atom stereocenters. The lowest BCUT2D eigenvalue weighted by Crippen LogP contribution is -2.36. The Hall–Kier alpha value is -2.78. The number of hydrogen-bond donors (Lipinski definition) is 1. The maximum atomic E-state index is 6.18. The van der Waals surface area contributed by atoms with E-state index in [9.17, 15) is 0 Å². The molecule has 0 bridgehead atoms. The van der Waals surface area contributed by atoms with E-state index in [4.69, 9.17) is 9.47 Å². The molecule has 0 spiro atoms. The third-order valence-electron chi connectivity index (χ3n) is 4.44. The van der Waals surface area contributed by atoms with Gasteiger partial charge in [0.1, 0.15) is 11.5 Å². The molecule has 151 valence electrons. The fourth-order valence-corrected chi connectivity index (χ4v) is 2.76. The monoisotopic (exact) mass is 388 g/mol. The second-order valence-electron chi connectivity index (χ2n) is 8.37. The van der Waals surface area contributed by atoms with Gasteiger partial charge in [0, 0.05) is 18.5 Å². The topological polar surface area (TPSA) is 30.5 Å². The van der Waals surface area contributed by atoms with Crippen LogP contribution < -0.4 is 14.8 Å². The summed E-state index contributed by atoms with van der Waals surface area (Å²) in [5.74, 6) is 2.96. The minimum atomic E-state index is 0.0756. The Labute approximate surface area is 174 Å². The fourth-order valence-electron chi connectivity index (χ4n) is 2.76.